The van der Waals surface area contributed by atoms with Gasteiger partial charge in [0.25, 0.3) is 0 Å². The van der Waals surface area contributed by atoms with Gasteiger partial charge in [-0.3, -0.25) is 0 Å². The predicted molar refractivity (Wildman–Crippen MR) is 126 cm³/mol. The molecule has 31 heavy (non-hydrogen) atoms. The number of hydrogen-bond acceptors (Lipinski definition) is 4. The first-order valence-electron chi connectivity index (χ1n) is 10.7. The Balaban J connectivity index is 1.61. The van der Waals surface area contributed by atoms with E-state index in [1.54, 1.807) is 0 Å². The zero-order valence-electron chi connectivity index (χ0n) is 18.5. The molecule has 3 N–H and O–H groups in total. The minimum absolute atomic E-state index is 0.0924. The minimum Gasteiger partial charge on any atom is -0.489 e. The molecule has 0 atom stereocenters. The van der Waals surface area contributed by atoms with Gasteiger partial charge in [-0.05, 0) is 41.8 Å². The van der Waals surface area contributed by atoms with Gasteiger partial charge in [0.2, 0.25) is 0 Å². The summed E-state index contributed by atoms with van der Waals surface area (Å²) in [6, 6.07) is 16.8. The van der Waals surface area contributed by atoms with E-state index >= 15 is 0 Å². The van der Waals surface area contributed by atoms with Gasteiger partial charge in [-0.2, -0.15) is 0 Å². The van der Waals surface area contributed by atoms with E-state index in [9.17, 15) is 9.90 Å². The number of H-pyrrole nitrogens is 1. The van der Waals surface area contributed by atoms with Crippen molar-refractivity contribution in [2.75, 3.05) is 13.2 Å². The number of ether oxygens (including phenoxy) is 2. The van der Waals surface area contributed by atoms with Crippen LogP contribution in [0.3, 0.4) is 0 Å². The Hall–Kier alpha value is -2.77. The number of benzene rings is 2. The molecule has 6 nitrogen and oxygen atoms in total. The van der Waals surface area contributed by atoms with Crippen molar-refractivity contribution in [1.82, 2.24) is 10.3 Å². The highest BCUT2D eigenvalue weighted by Crippen LogP contribution is 2.27. The SMILES string of the molecule is C[Si](C)(C)CCOC(=O)NCCc1c(CO)[nH]c2ccc(OCc3ccccc3)cc12. The molecule has 0 aliphatic carbocycles. The van der Waals surface area contributed by atoms with E-state index in [-0.39, 0.29) is 6.61 Å². The second-order valence-corrected chi connectivity index (χ2v) is 14.5. The van der Waals surface area contributed by atoms with Crippen molar-refractivity contribution in [3.8, 4) is 5.75 Å². The molecule has 166 valence electrons. The van der Waals surface area contributed by atoms with Crippen molar-refractivity contribution in [3.05, 3.63) is 65.4 Å². The van der Waals surface area contributed by atoms with E-state index in [0.717, 1.165) is 39.5 Å². The van der Waals surface area contributed by atoms with E-state index in [4.69, 9.17) is 9.47 Å². The summed E-state index contributed by atoms with van der Waals surface area (Å²) in [5.74, 6) is 0.764. The smallest absolute Gasteiger partial charge is 0.407 e. The zero-order chi connectivity index (χ0) is 22.3. The summed E-state index contributed by atoms with van der Waals surface area (Å²) < 4.78 is 11.2. The Morgan fingerprint density at radius 2 is 1.90 bits per heavy atom. The first-order valence-corrected chi connectivity index (χ1v) is 14.4. The molecule has 0 spiro atoms. The van der Waals surface area contributed by atoms with Crippen LogP contribution in [0.5, 0.6) is 5.75 Å². The summed E-state index contributed by atoms with van der Waals surface area (Å²) in [6.45, 7) is 8.03. The number of rotatable bonds is 10. The van der Waals surface area contributed by atoms with Crippen LogP contribution in [-0.4, -0.2) is 37.4 Å². The number of carbonyl (C=O) groups is 1. The zero-order valence-corrected chi connectivity index (χ0v) is 19.5. The van der Waals surface area contributed by atoms with Crippen LogP contribution in [0.2, 0.25) is 25.7 Å². The molecule has 1 heterocycles. The number of aromatic amines is 1. The third kappa shape index (κ3) is 6.87. The standard InChI is InChI=1S/C24H32N2O4Si/c1-31(2,3)14-13-29-24(28)25-12-11-20-21-15-19(9-10-22(21)26-23(20)16-27)30-17-18-7-5-4-6-8-18/h4-10,15,26-27H,11-14,16-17H2,1-3H3,(H,25,28). The molecule has 0 bridgehead atoms. The number of amides is 1. The lowest BCUT2D eigenvalue weighted by molar-refractivity contribution is 0.152. The molecular formula is C24H32N2O4Si. The van der Waals surface area contributed by atoms with E-state index in [0.29, 0.717) is 26.2 Å². The van der Waals surface area contributed by atoms with Crippen molar-refractivity contribution in [2.24, 2.45) is 0 Å². The number of aliphatic hydroxyl groups excluding tert-OH is 1. The molecule has 0 saturated heterocycles. The van der Waals surface area contributed by atoms with Crippen LogP contribution in [0.15, 0.2) is 48.5 Å². The molecule has 0 unspecified atom stereocenters. The monoisotopic (exact) mass is 440 g/mol. The lowest BCUT2D eigenvalue weighted by Gasteiger charge is -2.15. The average Bonchev–Trinajstić information content (AvgIpc) is 3.09. The van der Waals surface area contributed by atoms with Crippen molar-refractivity contribution in [2.45, 2.75) is 45.3 Å². The highest BCUT2D eigenvalue weighted by Gasteiger charge is 2.15. The number of aliphatic hydroxyl groups is 1. The van der Waals surface area contributed by atoms with E-state index < -0.39 is 14.2 Å². The quantitative estimate of drug-likeness (QED) is 0.394. The molecule has 3 aromatic rings. The van der Waals surface area contributed by atoms with Gasteiger partial charge < -0.3 is 24.9 Å². The molecule has 0 aliphatic heterocycles. The lowest BCUT2D eigenvalue weighted by atomic mass is 10.1. The molecule has 3 rings (SSSR count). The van der Waals surface area contributed by atoms with Crippen LogP contribution in [0.25, 0.3) is 10.9 Å². The summed E-state index contributed by atoms with van der Waals surface area (Å²) >= 11 is 0. The molecule has 0 fully saturated rings. The van der Waals surface area contributed by atoms with Gasteiger partial charge in [0.15, 0.2) is 0 Å². The second kappa shape index (κ2) is 10.5. The second-order valence-electron chi connectivity index (χ2n) is 8.85. The Bertz CT molecular complexity index is 996. The van der Waals surface area contributed by atoms with Gasteiger partial charge in [-0.1, -0.05) is 50.0 Å². The van der Waals surface area contributed by atoms with Gasteiger partial charge >= 0.3 is 6.09 Å². The fraction of sp³-hybridized carbons (Fsp3) is 0.375. The molecular weight excluding hydrogens is 408 g/mol. The van der Waals surface area contributed by atoms with Crippen molar-refractivity contribution in [1.29, 1.82) is 0 Å². The van der Waals surface area contributed by atoms with Crippen LogP contribution in [0, 0.1) is 0 Å². The molecule has 0 radical (unpaired) electrons. The topological polar surface area (TPSA) is 83.6 Å². The van der Waals surface area contributed by atoms with Gasteiger partial charge in [-0.15, -0.1) is 0 Å². The molecule has 0 saturated carbocycles. The van der Waals surface area contributed by atoms with E-state index in [1.165, 1.54) is 0 Å². The van der Waals surface area contributed by atoms with Crippen LogP contribution >= 0.6 is 0 Å². The lowest BCUT2D eigenvalue weighted by Crippen LogP contribution is -2.29. The number of fused-ring (bicyclic) bond motifs is 1. The van der Waals surface area contributed by atoms with Gasteiger partial charge in [0.05, 0.1) is 13.2 Å². The highest BCUT2D eigenvalue weighted by atomic mass is 28.3. The fourth-order valence-electron chi connectivity index (χ4n) is 3.32. The average molecular weight is 441 g/mol. The first-order chi connectivity index (χ1) is 14.9. The normalized spacial score (nSPS) is 11.5. The van der Waals surface area contributed by atoms with Crippen LogP contribution in [-0.2, 0) is 24.4 Å². The summed E-state index contributed by atoms with van der Waals surface area (Å²) in [4.78, 5) is 15.2. The van der Waals surface area contributed by atoms with Crippen molar-refractivity contribution < 1.29 is 19.4 Å². The van der Waals surface area contributed by atoms with Crippen molar-refractivity contribution >= 4 is 25.1 Å². The number of hydrogen-bond donors (Lipinski definition) is 3. The summed E-state index contributed by atoms with van der Waals surface area (Å²) in [5, 5.41) is 13.6. The predicted octanol–water partition coefficient (Wildman–Crippen LogP) is 4.85. The van der Waals surface area contributed by atoms with Gasteiger partial charge in [0, 0.05) is 31.2 Å². The van der Waals surface area contributed by atoms with Crippen LogP contribution in [0.1, 0.15) is 16.8 Å². The third-order valence-corrected chi connectivity index (χ3v) is 6.81. The number of carbonyl (C=O) groups excluding carboxylic acids is 1. The molecule has 1 aromatic heterocycles. The van der Waals surface area contributed by atoms with Gasteiger partial charge in [0.1, 0.15) is 12.4 Å². The van der Waals surface area contributed by atoms with E-state index in [1.807, 2.05) is 48.5 Å². The molecule has 0 aliphatic rings. The van der Waals surface area contributed by atoms with Crippen molar-refractivity contribution in [3.63, 3.8) is 0 Å². The van der Waals surface area contributed by atoms with Gasteiger partial charge in [-0.25, -0.2) is 4.79 Å². The summed E-state index contributed by atoms with van der Waals surface area (Å²) in [5.41, 5.74) is 3.77. The first kappa shape index (κ1) is 22.9. The largest absolute Gasteiger partial charge is 0.489 e. The maximum absolute atomic E-state index is 12.0. The summed E-state index contributed by atoms with van der Waals surface area (Å²) in [7, 11) is -1.22. The molecule has 2 aromatic carbocycles. The third-order valence-electron chi connectivity index (χ3n) is 5.10. The number of nitrogens with one attached hydrogen (secondary N) is 2. The van der Waals surface area contributed by atoms with Crippen LogP contribution in [0.4, 0.5) is 4.79 Å². The number of aromatic nitrogens is 1. The van der Waals surface area contributed by atoms with E-state index in [2.05, 4.69) is 29.9 Å². The fourth-order valence-corrected chi connectivity index (χ4v) is 4.04. The maximum atomic E-state index is 12.0. The number of alkyl carbamates (subject to hydrolysis) is 1. The Morgan fingerprint density at radius 3 is 2.61 bits per heavy atom. The Labute approximate surface area is 184 Å². The molecule has 1 amide bonds. The minimum atomic E-state index is -1.22. The maximum Gasteiger partial charge on any atom is 0.407 e. The van der Waals surface area contributed by atoms with Crippen LogP contribution < -0.4 is 10.1 Å². The summed E-state index contributed by atoms with van der Waals surface area (Å²) in [6.07, 6.45) is 0.191. The molecule has 7 heteroatoms. The Kier molecular flexibility index (Phi) is 7.76. The Morgan fingerprint density at radius 1 is 1.13 bits per heavy atom. The highest BCUT2D eigenvalue weighted by molar-refractivity contribution is 6.76.